The molecule has 1 amide bonds. The number of benzene rings is 2. The van der Waals surface area contributed by atoms with Crippen LogP contribution < -0.4 is 21.2 Å². The first-order chi connectivity index (χ1) is 13.2. The second-order valence-corrected chi connectivity index (χ2v) is 6.94. The molecule has 1 heterocycles. The molecule has 1 aliphatic rings. The highest BCUT2D eigenvalue weighted by Gasteiger charge is 2.29. The molecule has 3 rings (SSSR count). The molecule has 0 aliphatic carbocycles. The highest BCUT2D eigenvalue weighted by molar-refractivity contribution is 7.80. The summed E-state index contributed by atoms with van der Waals surface area (Å²) in [6.07, 6.45) is -1.97. The molecule has 2 aromatic carbocycles. The predicted molar refractivity (Wildman–Crippen MR) is 105 cm³/mol. The average Bonchev–Trinajstić information content (AvgIpc) is 2.62. The maximum Gasteiger partial charge on any atom is 0.416 e. The Morgan fingerprint density at radius 3 is 2.57 bits per heavy atom. The lowest BCUT2D eigenvalue weighted by Crippen LogP contribution is -2.36. The monoisotopic (exact) mass is 405 g/mol. The van der Waals surface area contributed by atoms with Crippen molar-refractivity contribution in [3.63, 3.8) is 0 Å². The van der Waals surface area contributed by atoms with Gasteiger partial charge in [0.05, 0.1) is 16.8 Å². The van der Waals surface area contributed by atoms with Crippen LogP contribution in [0, 0.1) is 12.8 Å². The van der Waals surface area contributed by atoms with Crippen molar-refractivity contribution in [1.82, 2.24) is 5.32 Å². The molecule has 1 atom stereocenters. The first-order valence-corrected chi connectivity index (χ1v) is 9.06. The normalized spacial score (nSPS) is 15.9. The number of anilines is 1. The van der Waals surface area contributed by atoms with E-state index < -0.39 is 11.7 Å². The van der Waals surface area contributed by atoms with Crippen LogP contribution in [-0.2, 0) is 11.0 Å². The Balaban J connectivity index is 1.53. The van der Waals surface area contributed by atoms with Crippen LogP contribution in [0.25, 0.3) is 6.08 Å². The van der Waals surface area contributed by atoms with E-state index in [-0.39, 0.29) is 16.9 Å². The summed E-state index contributed by atoms with van der Waals surface area (Å²) in [5.41, 5.74) is 0.774. The van der Waals surface area contributed by atoms with Gasteiger partial charge in [0.15, 0.2) is 5.11 Å². The van der Waals surface area contributed by atoms with Gasteiger partial charge in [-0.2, -0.15) is 13.2 Å². The number of nitrogens with one attached hydrogen (secondary N) is 2. The maximum absolute atomic E-state index is 12.6. The van der Waals surface area contributed by atoms with Crippen molar-refractivity contribution in [3.05, 3.63) is 64.2 Å². The Morgan fingerprint density at radius 1 is 1.18 bits per heavy atom. The van der Waals surface area contributed by atoms with Crippen LogP contribution in [0.3, 0.4) is 0 Å². The smallest absolute Gasteiger partial charge is 0.362 e. The molecular formula is C20H18F3N3OS. The number of alkyl halides is 3. The lowest BCUT2D eigenvalue weighted by atomic mass is 10.00. The number of carbonyl (C=O) groups is 1. The minimum Gasteiger partial charge on any atom is -0.362 e. The number of carbonyl (C=O) groups excluding carboxylic acids is 1. The SMILES string of the molecule is Cc1ccc2c(c1)=NC(=O)C(CCNC(=S)Nc1ccc(C(F)(F)F)cc1)C=2. The zero-order chi connectivity index (χ0) is 20.3. The van der Waals surface area contributed by atoms with E-state index in [0.29, 0.717) is 24.0 Å². The Bertz CT molecular complexity index is 1020. The number of rotatable bonds is 4. The summed E-state index contributed by atoms with van der Waals surface area (Å²) < 4.78 is 37.7. The summed E-state index contributed by atoms with van der Waals surface area (Å²) in [7, 11) is 0. The van der Waals surface area contributed by atoms with Gasteiger partial charge in [0.2, 0.25) is 0 Å². The van der Waals surface area contributed by atoms with E-state index >= 15 is 0 Å². The molecule has 0 saturated carbocycles. The van der Waals surface area contributed by atoms with E-state index in [1.807, 2.05) is 31.2 Å². The van der Waals surface area contributed by atoms with Crippen LogP contribution in [-0.4, -0.2) is 17.6 Å². The fourth-order valence-electron chi connectivity index (χ4n) is 2.85. The number of nitrogens with zero attached hydrogens (tertiary/aromatic N) is 1. The van der Waals surface area contributed by atoms with Crippen LogP contribution in [0.15, 0.2) is 47.5 Å². The van der Waals surface area contributed by atoms with E-state index in [4.69, 9.17) is 12.2 Å². The second-order valence-electron chi connectivity index (χ2n) is 6.53. The third-order valence-corrected chi connectivity index (χ3v) is 4.57. The van der Waals surface area contributed by atoms with Crippen molar-refractivity contribution in [2.24, 2.45) is 10.9 Å². The number of halogens is 3. The number of hydrogen-bond donors (Lipinski definition) is 2. The van der Waals surface area contributed by atoms with Gasteiger partial charge < -0.3 is 10.6 Å². The summed E-state index contributed by atoms with van der Waals surface area (Å²) in [4.78, 5) is 16.3. The molecular weight excluding hydrogens is 387 g/mol. The first-order valence-electron chi connectivity index (χ1n) is 8.65. The van der Waals surface area contributed by atoms with Gasteiger partial charge in [-0.05, 0) is 66.7 Å². The van der Waals surface area contributed by atoms with E-state index in [9.17, 15) is 18.0 Å². The molecule has 0 spiro atoms. The van der Waals surface area contributed by atoms with Gasteiger partial charge in [-0.3, -0.25) is 4.79 Å². The lowest BCUT2D eigenvalue weighted by Gasteiger charge is -2.15. The number of thiocarbonyl (C=S) groups is 1. The zero-order valence-electron chi connectivity index (χ0n) is 15.0. The highest BCUT2D eigenvalue weighted by Crippen LogP contribution is 2.29. The topological polar surface area (TPSA) is 53.5 Å². The molecule has 0 aromatic heterocycles. The third kappa shape index (κ3) is 4.95. The number of fused-ring (bicyclic) bond motifs is 1. The van der Waals surface area contributed by atoms with Crippen molar-refractivity contribution in [2.45, 2.75) is 19.5 Å². The van der Waals surface area contributed by atoms with Crippen LogP contribution >= 0.6 is 12.2 Å². The van der Waals surface area contributed by atoms with E-state index in [0.717, 1.165) is 22.9 Å². The first kappa shape index (κ1) is 20.0. The summed E-state index contributed by atoms with van der Waals surface area (Å²) in [5.74, 6) is -0.530. The van der Waals surface area contributed by atoms with Crippen LogP contribution in [0.2, 0.25) is 0 Å². The number of aryl methyl sites for hydroxylation is 1. The van der Waals surface area contributed by atoms with Crippen molar-refractivity contribution >= 4 is 35.0 Å². The molecule has 0 bridgehead atoms. The summed E-state index contributed by atoms with van der Waals surface area (Å²) >= 11 is 5.15. The maximum atomic E-state index is 12.6. The lowest BCUT2D eigenvalue weighted by molar-refractivity contribution is -0.137. The fourth-order valence-corrected chi connectivity index (χ4v) is 3.07. The van der Waals surface area contributed by atoms with Crippen molar-refractivity contribution in [2.75, 3.05) is 11.9 Å². The van der Waals surface area contributed by atoms with Crippen molar-refractivity contribution in [3.8, 4) is 0 Å². The highest BCUT2D eigenvalue weighted by atomic mass is 32.1. The third-order valence-electron chi connectivity index (χ3n) is 4.33. The summed E-state index contributed by atoms with van der Waals surface area (Å²) in [6.45, 7) is 2.37. The molecule has 1 aliphatic heterocycles. The Labute approximate surface area is 165 Å². The molecule has 0 fully saturated rings. The van der Waals surface area contributed by atoms with Gasteiger partial charge in [0.25, 0.3) is 5.91 Å². The van der Waals surface area contributed by atoms with Gasteiger partial charge in [-0.15, -0.1) is 0 Å². The van der Waals surface area contributed by atoms with E-state index in [1.165, 1.54) is 12.1 Å². The minimum atomic E-state index is -4.37. The van der Waals surface area contributed by atoms with Crippen LogP contribution in [0.5, 0.6) is 0 Å². The van der Waals surface area contributed by atoms with Gasteiger partial charge in [0.1, 0.15) is 0 Å². The molecule has 2 aromatic rings. The molecule has 4 nitrogen and oxygen atoms in total. The van der Waals surface area contributed by atoms with Crippen LogP contribution in [0.4, 0.5) is 18.9 Å². The van der Waals surface area contributed by atoms with Gasteiger partial charge in [0, 0.05) is 12.2 Å². The minimum absolute atomic E-state index is 0.193. The zero-order valence-corrected chi connectivity index (χ0v) is 15.8. The summed E-state index contributed by atoms with van der Waals surface area (Å²) in [6, 6.07) is 10.4. The van der Waals surface area contributed by atoms with E-state index in [1.54, 1.807) is 0 Å². The number of hydrogen-bond acceptors (Lipinski definition) is 2. The van der Waals surface area contributed by atoms with Gasteiger partial charge >= 0.3 is 6.18 Å². The fraction of sp³-hybridized carbons (Fsp3) is 0.250. The average molecular weight is 405 g/mol. The van der Waals surface area contributed by atoms with Crippen molar-refractivity contribution in [1.29, 1.82) is 0 Å². The quantitative estimate of drug-likeness (QED) is 0.768. The second kappa shape index (κ2) is 8.10. The number of amides is 1. The molecule has 1 unspecified atom stereocenters. The predicted octanol–water partition coefficient (Wildman–Crippen LogP) is 2.95. The molecule has 8 heteroatoms. The van der Waals surface area contributed by atoms with Gasteiger partial charge in [-0.25, -0.2) is 4.99 Å². The largest absolute Gasteiger partial charge is 0.416 e. The molecule has 0 saturated heterocycles. The molecule has 0 radical (unpaired) electrons. The van der Waals surface area contributed by atoms with Gasteiger partial charge in [-0.1, -0.05) is 18.2 Å². The van der Waals surface area contributed by atoms with Crippen molar-refractivity contribution < 1.29 is 18.0 Å². The summed E-state index contributed by atoms with van der Waals surface area (Å²) in [5, 5.41) is 7.68. The molecule has 2 N–H and O–H groups in total. The van der Waals surface area contributed by atoms with Crippen LogP contribution in [0.1, 0.15) is 17.5 Å². The molecule has 28 heavy (non-hydrogen) atoms. The Morgan fingerprint density at radius 2 is 1.89 bits per heavy atom. The van der Waals surface area contributed by atoms with E-state index in [2.05, 4.69) is 15.6 Å². The standard InChI is InChI=1S/C20H18F3N3OS/c1-12-2-3-13-11-14(18(27)26-17(13)10-12)8-9-24-19(28)25-16-6-4-15(5-7-16)20(21,22)23/h2-7,10-11,14H,8-9H2,1H3,(H2,24,25,28). The Hall–Kier alpha value is -2.74. The molecule has 146 valence electrons. The Kier molecular flexibility index (Phi) is 5.79.